The Morgan fingerprint density at radius 1 is 1.44 bits per heavy atom. The van der Waals surface area contributed by atoms with E-state index in [2.05, 4.69) is 10.3 Å². The van der Waals surface area contributed by atoms with E-state index in [-0.39, 0.29) is 24.4 Å². The topological polar surface area (TPSA) is 65.5 Å². The highest BCUT2D eigenvalue weighted by Gasteiger charge is 2.36. The molecule has 2 amide bonds. The predicted molar refractivity (Wildman–Crippen MR) is 110 cm³/mol. The Balaban J connectivity index is 1.61. The summed E-state index contributed by atoms with van der Waals surface area (Å²) in [6.07, 6.45) is 1.50. The van der Waals surface area contributed by atoms with Crippen LogP contribution in [0.1, 0.15) is 23.9 Å². The van der Waals surface area contributed by atoms with Crippen LogP contribution in [-0.4, -0.2) is 47.9 Å². The van der Waals surface area contributed by atoms with E-state index in [0.29, 0.717) is 23.1 Å². The Kier molecular flexibility index (Phi) is 6.14. The van der Waals surface area contributed by atoms with E-state index < -0.39 is 0 Å². The van der Waals surface area contributed by atoms with Gasteiger partial charge in [-0.1, -0.05) is 30.7 Å². The number of nitrogens with one attached hydrogen (secondary N) is 1. The van der Waals surface area contributed by atoms with Crippen molar-refractivity contribution >= 4 is 45.6 Å². The number of nitrogens with zero attached hydrogens (tertiary/aromatic N) is 3. The Bertz CT molecular complexity index is 854. The number of rotatable bonds is 6. The average molecular weight is 407 g/mol. The molecule has 3 rings (SSSR count). The first-order valence-electron chi connectivity index (χ1n) is 8.93. The Hall–Kier alpha value is -1.96. The maximum absolute atomic E-state index is 12.8. The van der Waals surface area contributed by atoms with Gasteiger partial charge in [0.2, 0.25) is 11.8 Å². The van der Waals surface area contributed by atoms with Crippen LogP contribution in [0.4, 0.5) is 10.8 Å². The number of halogens is 1. The highest BCUT2D eigenvalue weighted by molar-refractivity contribution is 7.15. The van der Waals surface area contributed by atoms with Crippen LogP contribution < -0.4 is 10.2 Å². The number of benzene rings is 1. The second kappa shape index (κ2) is 8.37. The number of anilines is 2. The first-order valence-corrected chi connectivity index (χ1v) is 10.1. The first kappa shape index (κ1) is 19.8. The van der Waals surface area contributed by atoms with Crippen molar-refractivity contribution in [2.75, 3.05) is 30.4 Å². The molecule has 2 heterocycles. The maximum atomic E-state index is 12.8. The summed E-state index contributed by atoms with van der Waals surface area (Å²) in [5, 5.41) is 4.00. The third kappa shape index (κ3) is 4.31. The van der Waals surface area contributed by atoms with Gasteiger partial charge in [0.05, 0.1) is 29.0 Å². The molecule has 0 saturated carbocycles. The van der Waals surface area contributed by atoms with Crippen LogP contribution in [0.2, 0.25) is 5.02 Å². The quantitative estimate of drug-likeness (QED) is 0.798. The van der Waals surface area contributed by atoms with E-state index in [9.17, 15) is 9.59 Å². The number of thiazole rings is 1. The molecule has 1 saturated heterocycles. The van der Waals surface area contributed by atoms with E-state index in [0.717, 1.165) is 22.7 Å². The third-order valence-electron chi connectivity index (χ3n) is 4.72. The van der Waals surface area contributed by atoms with Gasteiger partial charge < -0.3 is 10.2 Å². The van der Waals surface area contributed by atoms with Crippen LogP contribution >= 0.6 is 22.9 Å². The van der Waals surface area contributed by atoms with Gasteiger partial charge in [0.1, 0.15) is 0 Å². The monoisotopic (exact) mass is 406 g/mol. The molecule has 1 unspecified atom stereocenters. The number of para-hydroxylation sites is 1. The third-order valence-corrected chi connectivity index (χ3v) is 5.97. The van der Waals surface area contributed by atoms with Gasteiger partial charge in [0.25, 0.3) is 0 Å². The molecule has 1 atom stereocenters. The van der Waals surface area contributed by atoms with Crippen molar-refractivity contribution in [3.8, 4) is 0 Å². The molecule has 0 radical (unpaired) electrons. The SMILES string of the molecule is CCc1nc(NC(=O)CN(C)C2CCN(c3ccccc3Cl)C2=O)sc1C. The molecule has 144 valence electrons. The first-order chi connectivity index (χ1) is 12.9. The molecular formula is C19H23ClN4O2S. The largest absolute Gasteiger partial charge is 0.310 e. The van der Waals surface area contributed by atoms with Gasteiger partial charge in [-0.3, -0.25) is 14.5 Å². The van der Waals surface area contributed by atoms with E-state index in [1.54, 1.807) is 22.9 Å². The van der Waals surface area contributed by atoms with Gasteiger partial charge in [0.15, 0.2) is 5.13 Å². The van der Waals surface area contributed by atoms with Crippen LogP contribution in [-0.2, 0) is 16.0 Å². The van der Waals surface area contributed by atoms with Crippen LogP contribution in [0, 0.1) is 6.92 Å². The molecule has 1 fully saturated rings. The minimum atomic E-state index is -0.337. The molecular weight excluding hydrogens is 384 g/mol. The van der Waals surface area contributed by atoms with Crippen LogP contribution in [0.25, 0.3) is 0 Å². The van der Waals surface area contributed by atoms with Crippen molar-refractivity contribution in [2.45, 2.75) is 32.7 Å². The minimum absolute atomic E-state index is 0.0308. The lowest BCUT2D eigenvalue weighted by Crippen LogP contribution is -2.43. The average Bonchev–Trinajstić information content (AvgIpc) is 3.17. The lowest BCUT2D eigenvalue weighted by molar-refractivity contribution is -0.123. The van der Waals surface area contributed by atoms with Crippen LogP contribution in [0.5, 0.6) is 0 Å². The fraction of sp³-hybridized carbons (Fsp3) is 0.421. The zero-order chi connectivity index (χ0) is 19.6. The number of carbonyl (C=O) groups is 2. The summed E-state index contributed by atoms with van der Waals surface area (Å²) >= 11 is 7.70. The zero-order valence-corrected chi connectivity index (χ0v) is 17.2. The maximum Gasteiger partial charge on any atom is 0.244 e. The number of hydrogen-bond donors (Lipinski definition) is 1. The number of likely N-dealkylation sites (N-methyl/N-ethyl adjacent to an activating group) is 1. The highest BCUT2D eigenvalue weighted by Crippen LogP contribution is 2.30. The van der Waals surface area contributed by atoms with E-state index in [1.807, 2.05) is 32.0 Å². The zero-order valence-electron chi connectivity index (χ0n) is 15.7. The fourth-order valence-electron chi connectivity index (χ4n) is 3.29. The molecule has 1 aliphatic rings. The predicted octanol–water partition coefficient (Wildman–Crippen LogP) is 3.34. The Morgan fingerprint density at radius 3 is 2.85 bits per heavy atom. The lowest BCUT2D eigenvalue weighted by Gasteiger charge is -2.23. The second-order valence-corrected chi connectivity index (χ2v) is 8.19. The summed E-state index contributed by atoms with van der Waals surface area (Å²) < 4.78 is 0. The molecule has 0 spiro atoms. The molecule has 0 bridgehead atoms. The van der Waals surface area contributed by atoms with Crippen LogP contribution in [0.3, 0.4) is 0 Å². The molecule has 1 N–H and O–H groups in total. The molecule has 8 heteroatoms. The summed E-state index contributed by atoms with van der Waals surface area (Å²) in [7, 11) is 1.79. The summed E-state index contributed by atoms with van der Waals surface area (Å²) in [6.45, 7) is 4.76. The molecule has 6 nitrogen and oxygen atoms in total. The molecule has 27 heavy (non-hydrogen) atoms. The fourth-order valence-corrected chi connectivity index (χ4v) is 4.44. The van der Waals surface area contributed by atoms with Gasteiger partial charge in [-0.2, -0.15) is 0 Å². The number of carbonyl (C=O) groups excluding carboxylic acids is 2. The van der Waals surface area contributed by atoms with E-state index >= 15 is 0 Å². The number of hydrogen-bond acceptors (Lipinski definition) is 5. The van der Waals surface area contributed by atoms with Crippen molar-refractivity contribution in [1.82, 2.24) is 9.88 Å². The summed E-state index contributed by atoms with van der Waals surface area (Å²) in [4.78, 5) is 34.2. The molecule has 1 aromatic carbocycles. The molecule has 1 aliphatic heterocycles. The molecule has 0 aliphatic carbocycles. The van der Waals surface area contributed by atoms with E-state index in [4.69, 9.17) is 11.6 Å². The molecule has 2 aromatic rings. The van der Waals surface area contributed by atoms with Gasteiger partial charge in [-0.05, 0) is 38.9 Å². The summed E-state index contributed by atoms with van der Waals surface area (Å²) in [5.41, 5.74) is 1.72. The van der Waals surface area contributed by atoms with Gasteiger partial charge in [-0.15, -0.1) is 11.3 Å². The summed E-state index contributed by atoms with van der Waals surface area (Å²) in [5.74, 6) is -0.199. The van der Waals surface area contributed by atoms with Gasteiger partial charge in [0, 0.05) is 11.4 Å². The van der Waals surface area contributed by atoms with Crippen molar-refractivity contribution < 1.29 is 9.59 Å². The van der Waals surface area contributed by atoms with Crippen molar-refractivity contribution in [2.24, 2.45) is 0 Å². The van der Waals surface area contributed by atoms with Gasteiger partial charge >= 0.3 is 0 Å². The smallest absolute Gasteiger partial charge is 0.244 e. The van der Waals surface area contributed by atoms with Gasteiger partial charge in [-0.25, -0.2) is 4.98 Å². The van der Waals surface area contributed by atoms with E-state index in [1.165, 1.54) is 11.3 Å². The van der Waals surface area contributed by atoms with Crippen molar-refractivity contribution in [3.63, 3.8) is 0 Å². The Labute approximate surface area is 168 Å². The Morgan fingerprint density at radius 2 is 2.19 bits per heavy atom. The van der Waals surface area contributed by atoms with Crippen LogP contribution in [0.15, 0.2) is 24.3 Å². The summed E-state index contributed by atoms with van der Waals surface area (Å²) in [6, 6.07) is 6.97. The number of aryl methyl sites for hydroxylation is 2. The number of amides is 2. The van der Waals surface area contributed by atoms with Crippen molar-refractivity contribution in [3.05, 3.63) is 39.9 Å². The molecule has 1 aromatic heterocycles. The second-order valence-electron chi connectivity index (χ2n) is 6.58. The standard InChI is InChI=1S/C19H23ClN4O2S/c1-4-14-12(2)27-19(21-14)22-17(25)11-23(3)16-9-10-24(18(16)26)15-8-6-5-7-13(15)20/h5-8,16H,4,9-11H2,1-3H3,(H,21,22,25). The normalized spacial score (nSPS) is 17.0. The minimum Gasteiger partial charge on any atom is -0.310 e. The van der Waals surface area contributed by atoms with Crippen molar-refractivity contribution in [1.29, 1.82) is 0 Å². The lowest BCUT2D eigenvalue weighted by atomic mass is 10.2. The highest BCUT2D eigenvalue weighted by atomic mass is 35.5. The number of aromatic nitrogens is 1.